The zero-order chi connectivity index (χ0) is 14.8. The van der Waals surface area contributed by atoms with E-state index >= 15 is 0 Å². The number of para-hydroxylation sites is 2. The van der Waals surface area contributed by atoms with Crippen molar-refractivity contribution in [3.05, 3.63) is 29.5 Å². The second-order valence-electron chi connectivity index (χ2n) is 4.18. The van der Waals surface area contributed by atoms with Gasteiger partial charge in [0, 0.05) is 12.6 Å². The lowest BCUT2D eigenvalue weighted by atomic mass is 10.3. The van der Waals surface area contributed by atoms with Crippen molar-refractivity contribution in [1.29, 1.82) is 0 Å². The Balaban J connectivity index is 0.000000347. The third kappa shape index (κ3) is 4.97. The maximum absolute atomic E-state index is 11.5. The first-order chi connectivity index (χ1) is 9.72. The van der Waals surface area contributed by atoms with Crippen molar-refractivity contribution in [2.24, 2.45) is 0 Å². The summed E-state index contributed by atoms with van der Waals surface area (Å²) in [5.41, 5.74) is 1.14. The quantitative estimate of drug-likeness (QED) is 0.642. The number of nitrogens with zero attached hydrogens (tertiary/aromatic N) is 3. The lowest BCUT2D eigenvalue weighted by Gasteiger charge is -2.03. The summed E-state index contributed by atoms with van der Waals surface area (Å²) >= 11 is 0. The Kier molecular flexibility index (Phi) is 7.27. The summed E-state index contributed by atoms with van der Waals surface area (Å²) in [4.78, 5) is 4.83. The summed E-state index contributed by atoms with van der Waals surface area (Å²) in [5, 5.41) is 21.4. The molecular weight excluding hydrogens is 254 g/mol. The second-order valence-corrected chi connectivity index (χ2v) is 4.18. The van der Waals surface area contributed by atoms with Crippen LogP contribution in [0.15, 0.2) is 24.3 Å². The monoisotopic (exact) mass is 277 g/mol. The summed E-state index contributed by atoms with van der Waals surface area (Å²) in [7, 11) is 0. The average molecular weight is 277 g/mol. The molecule has 1 aromatic carbocycles. The standard InChI is InChI=1S/C10H12N4O.C4H11N/c1-2-7-11-10-12-8-5-3-4-6-9(8)14(15)13-10;1-3-5-4-2/h3-6H,2,7H2,1H3,(H,11,12,13);5H,3-4H2,1-2H3. The fraction of sp³-hybridized carbons (Fsp3) is 0.500. The molecule has 2 N–H and O–H groups in total. The largest absolute Gasteiger partial charge is 0.594 e. The molecule has 2 aromatic rings. The minimum Gasteiger partial charge on any atom is -0.594 e. The number of aromatic nitrogens is 3. The number of rotatable bonds is 5. The predicted molar refractivity (Wildman–Crippen MR) is 81.5 cm³/mol. The minimum atomic E-state index is 0.380. The molecule has 0 aliphatic rings. The SMILES string of the molecule is CCCNc1nc2ccccc2[n+]([O-])n1.CCNCC. The lowest BCUT2D eigenvalue weighted by Crippen LogP contribution is -2.33. The van der Waals surface area contributed by atoms with E-state index in [0.717, 1.165) is 26.1 Å². The van der Waals surface area contributed by atoms with E-state index in [1.165, 1.54) is 0 Å². The molecule has 110 valence electrons. The van der Waals surface area contributed by atoms with E-state index in [-0.39, 0.29) is 0 Å². The van der Waals surface area contributed by atoms with Gasteiger partial charge in [0.2, 0.25) is 0 Å². The van der Waals surface area contributed by atoms with Crippen LogP contribution in [0.2, 0.25) is 0 Å². The molecule has 0 radical (unpaired) electrons. The summed E-state index contributed by atoms with van der Waals surface area (Å²) in [6.07, 6.45) is 0.967. The number of hydrogen-bond acceptors (Lipinski definition) is 5. The molecule has 0 spiro atoms. The van der Waals surface area contributed by atoms with Crippen molar-refractivity contribution in [2.45, 2.75) is 27.2 Å². The third-order valence-corrected chi connectivity index (χ3v) is 2.53. The Morgan fingerprint density at radius 2 is 1.85 bits per heavy atom. The highest BCUT2D eigenvalue weighted by molar-refractivity contribution is 5.71. The van der Waals surface area contributed by atoms with Crippen LogP contribution in [-0.4, -0.2) is 29.7 Å². The Labute approximate surface area is 119 Å². The maximum atomic E-state index is 11.5. The highest BCUT2D eigenvalue weighted by Crippen LogP contribution is 2.07. The van der Waals surface area contributed by atoms with Crippen molar-refractivity contribution in [1.82, 2.24) is 15.4 Å². The van der Waals surface area contributed by atoms with Crippen LogP contribution in [0.25, 0.3) is 11.0 Å². The summed E-state index contributed by atoms with van der Waals surface area (Å²) < 4.78 is 0. The molecule has 0 unspecified atom stereocenters. The van der Waals surface area contributed by atoms with Crippen LogP contribution in [0.3, 0.4) is 0 Å². The van der Waals surface area contributed by atoms with Crippen molar-refractivity contribution in [3.8, 4) is 0 Å². The highest BCUT2D eigenvalue weighted by Gasteiger charge is 2.08. The Bertz CT molecular complexity index is 516. The number of hydrogen-bond donors (Lipinski definition) is 2. The molecule has 0 saturated carbocycles. The summed E-state index contributed by atoms with van der Waals surface area (Å²) in [5.74, 6) is 0.380. The van der Waals surface area contributed by atoms with Crippen LogP contribution in [0.1, 0.15) is 27.2 Å². The van der Waals surface area contributed by atoms with E-state index < -0.39 is 0 Å². The first kappa shape index (κ1) is 16.1. The third-order valence-electron chi connectivity index (χ3n) is 2.53. The topological polar surface area (TPSA) is 76.8 Å². The zero-order valence-corrected chi connectivity index (χ0v) is 12.4. The average Bonchev–Trinajstić information content (AvgIpc) is 2.47. The summed E-state index contributed by atoms with van der Waals surface area (Å²) in [6.45, 7) is 9.19. The van der Waals surface area contributed by atoms with Gasteiger partial charge in [-0.05, 0) is 30.4 Å². The molecule has 2 rings (SSSR count). The number of benzene rings is 1. The van der Waals surface area contributed by atoms with Gasteiger partial charge in [0.05, 0.1) is 5.10 Å². The molecule has 1 aromatic heterocycles. The molecule has 0 aliphatic carbocycles. The van der Waals surface area contributed by atoms with E-state index in [9.17, 15) is 5.21 Å². The highest BCUT2D eigenvalue weighted by atomic mass is 16.5. The number of fused-ring (bicyclic) bond motifs is 1. The molecule has 0 amide bonds. The smallest absolute Gasteiger partial charge is 0.290 e. The van der Waals surface area contributed by atoms with Gasteiger partial charge in [0.1, 0.15) is 5.52 Å². The molecule has 0 fully saturated rings. The van der Waals surface area contributed by atoms with Crippen LogP contribution < -0.4 is 15.5 Å². The Hall–Kier alpha value is -1.95. The normalized spacial score (nSPS) is 9.95. The summed E-state index contributed by atoms with van der Waals surface area (Å²) in [6, 6.07) is 7.13. The van der Waals surface area contributed by atoms with Gasteiger partial charge in [-0.25, -0.2) is 4.98 Å². The molecule has 6 heteroatoms. The maximum Gasteiger partial charge on any atom is 0.290 e. The van der Waals surface area contributed by atoms with E-state index in [1.54, 1.807) is 18.2 Å². The van der Waals surface area contributed by atoms with Gasteiger partial charge < -0.3 is 15.8 Å². The molecule has 0 bridgehead atoms. The molecular formula is C14H23N5O. The van der Waals surface area contributed by atoms with E-state index in [2.05, 4.69) is 34.6 Å². The molecule has 1 heterocycles. The predicted octanol–water partition coefficient (Wildman–Crippen LogP) is 1.70. The van der Waals surface area contributed by atoms with Crippen molar-refractivity contribution < 1.29 is 4.85 Å². The molecule has 0 aliphatic heterocycles. The molecule has 0 atom stereocenters. The molecule has 20 heavy (non-hydrogen) atoms. The van der Waals surface area contributed by atoms with Crippen molar-refractivity contribution >= 4 is 17.0 Å². The van der Waals surface area contributed by atoms with Crippen molar-refractivity contribution in [2.75, 3.05) is 25.0 Å². The minimum absolute atomic E-state index is 0.380. The van der Waals surface area contributed by atoms with Crippen LogP contribution >= 0.6 is 0 Å². The first-order valence-corrected chi connectivity index (χ1v) is 7.04. The van der Waals surface area contributed by atoms with Crippen molar-refractivity contribution in [3.63, 3.8) is 0 Å². The van der Waals surface area contributed by atoms with Gasteiger partial charge in [0.15, 0.2) is 0 Å². The van der Waals surface area contributed by atoms with Gasteiger partial charge in [0.25, 0.3) is 11.5 Å². The lowest BCUT2D eigenvalue weighted by molar-refractivity contribution is -0.641. The number of nitrogens with one attached hydrogen (secondary N) is 2. The van der Waals surface area contributed by atoms with E-state index in [1.807, 2.05) is 13.0 Å². The first-order valence-electron chi connectivity index (χ1n) is 7.04. The van der Waals surface area contributed by atoms with Crippen LogP contribution in [-0.2, 0) is 0 Å². The van der Waals surface area contributed by atoms with Gasteiger partial charge in [-0.15, -0.1) is 0 Å². The van der Waals surface area contributed by atoms with E-state index in [4.69, 9.17) is 0 Å². The van der Waals surface area contributed by atoms with Crippen LogP contribution in [0.5, 0.6) is 0 Å². The van der Waals surface area contributed by atoms with E-state index in [0.29, 0.717) is 21.8 Å². The van der Waals surface area contributed by atoms with Gasteiger partial charge >= 0.3 is 0 Å². The van der Waals surface area contributed by atoms with Gasteiger partial charge in [-0.3, -0.25) is 0 Å². The fourth-order valence-electron chi connectivity index (χ4n) is 1.56. The Morgan fingerprint density at radius 1 is 1.15 bits per heavy atom. The van der Waals surface area contributed by atoms with Gasteiger partial charge in [-0.1, -0.05) is 32.9 Å². The molecule has 6 nitrogen and oxygen atoms in total. The second kappa shape index (κ2) is 9.03. The van der Waals surface area contributed by atoms with Gasteiger partial charge in [-0.2, -0.15) is 0 Å². The number of anilines is 1. The zero-order valence-electron chi connectivity index (χ0n) is 12.4. The fourth-order valence-corrected chi connectivity index (χ4v) is 1.56. The van der Waals surface area contributed by atoms with Crippen LogP contribution in [0.4, 0.5) is 5.95 Å². The van der Waals surface area contributed by atoms with Crippen LogP contribution in [0, 0.1) is 5.21 Å². The Morgan fingerprint density at radius 3 is 2.45 bits per heavy atom. The molecule has 0 saturated heterocycles.